The lowest BCUT2D eigenvalue weighted by atomic mass is 9.94. The number of piperidine rings is 1. The van der Waals surface area contributed by atoms with Crippen LogP contribution in [-0.4, -0.2) is 40.5 Å². The van der Waals surface area contributed by atoms with Crippen molar-refractivity contribution in [3.8, 4) is 5.75 Å². The Bertz CT molecular complexity index is 545. The minimum Gasteiger partial charge on any atom is -0.502 e. The summed E-state index contributed by atoms with van der Waals surface area (Å²) in [6.07, 6.45) is 2.87. The fourth-order valence-electron chi connectivity index (χ4n) is 2.71. The van der Waals surface area contributed by atoms with Crippen LogP contribution in [0.5, 0.6) is 5.75 Å². The Balaban J connectivity index is 2.12. The summed E-state index contributed by atoms with van der Waals surface area (Å²) in [5.74, 6) is -0.289. The highest BCUT2D eigenvalue weighted by Crippen LogP contribution is 2.28. The van der Waals surface area contributed by atoms with Gasteiger partial charge >= 0.3 is 5.69 Å². The zero-order chi connectivity index (χ0) is 15.4. The molecule has 0 saturated carbocycles. The lowest BCUT2D eigenvalue weighted by Crippen LogP contribution is -2.40. The average molecular weight is 293 g/mol. The van der Waals surface area contributed by atoms with Crippen molar-refractivity contribution in [3.63, 3.8) is 0 Å². The standard InChI is InChI=1S/C14H19N3O4/c15-6-5-10-2-1-7-16(9-10)14(19)11-3-4-12(17(20)21)13(18)8-11/h3-4,8,10,18H,1-2,5-7,9,15H2. The first-order chi connectivity index (χ1) is 10.0. The number of aromatic hydroxyl groups is 1. The number of nitrogens with zero attached hydrogens (tertiary/aromatic N) is 2. The molecule has 2 rings (SSSR count). The number of nitrogens with two attached hydrogens (primary N) is 1. The van der Waals surface area contributed by atoms with Crippen molar-refractivity contribution in [1.29, 1.82) is 0 Å². The van der Waals surface area contributed by atoms with E-state index in [1.807, 2.05) is 0 Å². The van der Waals surface area contributed by atoms with E-state index < -0.39 is 16.4 Å². The first kappa shape index (κ1) is 15.2. The molecule has 1 saturated heterocycles. The third kappa shape index (κ3) is 3.49. The van der Waals surface area contributed by atoms with Crippen LogP contribution in [0.4, 0.5) is 5.69 Å². The Kier molecular flexibility index (Phi) is 4.74. The monoisotopic (exact) mass is 293 g/mol. The van der Waals surface area contributed by atoms with Crippen molar-refractivity contribution in [2.24, 2.45) is 11.7 Å². The van der Waals surface area contributed by atoms with Crippen LogP contribution in [0.3, 0.4) is 0 Å². The number of phenolic OH excluding ortho intramolecular Hbond substituents is 1. The molecule has 0 aliphatic carbocycles. The molecule has 0 radical (unpaired) electrons. The molecule has 1 unspecified atom stereocenters. The highest BCUT2D eigenvalue weighted by Gasteiger charge is 2.25. The Hall–Kier alpha value is -2.15. The summed E-state index contributed by atoms with van der Waals surface area (Å²) in [5.41, 5.74) is 5.43. The number of likely N-dealkylation sites (tertiary alicyclic amines) is 1. The van der Waals surface area contributed by atoms with Crippen molar-refractivity contribution < 1.29 is 14.8 Å². The number of hydrogen-bond donors (Lipinski definition) is 2. The second-order valence-electron chi connectivity index (χ2n) is 5.30. The van der Waals surface area contributed by atoms with E-state index in [1.54, 1.807) is 4.90 Å². The Morgan fingerprint density at radius 2 is 2.29 bits per heavy atom. The van der Waals surface area contributed by atoms with Crippen LogP contribution in [0.2, 0.25) is 0 Å². The molecular formula is C14H19N3O4. The second kappa shape index (κ2) is 6.53. The number of nitro groups is 1. The molecule has 3 N–H and O–H groups in total. The SMILES string of the molecule is NCCC1CCCN(C(=O)c2ccc([N+](=O)[O-])c(O)c2)C1. The molecule has 21 heavy (non-hydrogen) atoms. The van der Waals surface area contributed by atoms with Crippen LogP contribution < -0.4 is 5.73 Å². The van der Waals surface area contributed by atoms with Crippen LogP contribution in [-0.2, 0) is 0 Å². The summed E-state index contributed by atoms with van der Waals surface area (Å²) in [4.78, 5) is 24.1. The molecule has 1 aliphatic heterocycles. The minimum absolute atomic E-state index is 0.207. The zero-order valence-electron chi connectivity index (χ0n) is 11.7. The van der Waals surface area contributed by atoms with Gasteiger partial charge in [-0.05, 0) is 43.9 Å². The van der Waals surface area contributed by atoms with Crippen LogP contribution in [0.25, 0.3) is 0 Å². The second-order valence-corrected chi connectivity index (χ2v) is 5.30. The van der Waals surface area contributed by atoms with Gasteiger partial charge in [-0.3, -0.25) is 14.9 Å². The number of carbonyl (C=O) groups excluding carboxylic acids is 1. The average Bonchev–Trinajstić information content (AvgIpc) is 2.46. The van der Waals surface area contributed by atoms with Gasteiger partial charge in [-0.15, -0.1) is 0 Å². The summed E-state index contributed by atoms with van der Waals surface area (Å²) in [5, 5.41) is 20.3. The molecule has 7 heteroatoms. The van der Waals surface area contributed by atoms with Gasteiger partial charge < -0.3 is 15.7 Å². The van der Waals surface area contributed by atoms with E-state index in [0.717, 1.165) is 31.4 Å². The van der Waals surface area contributed by atoms with Crippen molar-refractivity contribution in [2.45, 2.75) is 19.3 Å². The highest BCUT2D eigenvalue weighted by atomic mass is 16.6. The molecule has 0 spiro atoms. The molecule has 0 aromatic heterocycles. The summed E-state index contributed by atoms with van der Waals surface area (Å²) in [6, 6.07) is 3.70. The number of hydrogen-bond acceptors (Lipinski definition) is 5. The Labute approximate surface area is 122 Å². The van der Waals surface area contributed by atoms with E-state index in [2.05, 4.69) is 0 Å². The van der Waals surface area contributed by atoms with Gasteiger partial charge in [0.25, 0.3) is 5.91 Å². The number of nitro benzene ring substituents is 1. The molecule has 114 valence electrons. The number of benzene rings is 1. The first-order valence-corrected chi connectivity index (χ1v) is 6.99. The maximum atomic E-state index is 12.4. The van der Waals surface area contributed by atoms with Gasteiger partial charge in [0.2, 0.25) is 0 Å². The molecule has 1 heterocycles. The summed E-state index contributed by atoms with van der Waals surface area (Å²) < 4.78 is 0. The summed E-state index contributed by atoms with van der Waals surface area (Å²) >= 11 is 0. The fraction of sp³-hybridized carbons (Fsp3) is 0.500. The molecule has 1 amide bonds. The molecule has 0 bridgehead atoms. The number of phenols is 1. The van der Waals surface area contributed by atoms with Gasteiger partial charge in [0.05, 0.1) is 4.92 Å². The molecule has 1 aliphatic rings. The van der Waals surface area contributed by atoms with Crippen molar-refractivity contribution in [1.82, 2.24) is 4.90 Å². The fourth-order valence-corrected chi connectivity index (χ4v) is 2.71. The number of carbonyl (C=O) groups is 1. The van der Waals surface area contributed by atoms with E-state index in [9.17, 15) is 20.0 Å². The van der Waals surface area contributed by atoms with Crippen molar-refractivity contribution in [3.05, 3.63) is 33.9 Å². The molecule has 1 aromatic carbocycles. The third-order valence-corrected chi connectivity index (χ3v) is 3.80. The molecule has 1 fully saturated rings. The quantitative estimate of drug-likeness (QED) is 0.645. The van der Waals surface area contributed by atoms with Gasteiger partial charge in [0.1, 0.15) is 0 Å². The van der Waals surface area contributed by atoms with E-state index in [4.69, 9.17) is 5.73 Å². The Morgan fingerprint density at radius 1 is 1.52 bits per heavy atom. The summed E-state index contributed by atoms with van der Waals surface area (Å²) in [6.45, 7) is 1.91. The zero-order valence-corrected chi connectivity index (χ0v) is 11.7. The maximum absolute atomic E-state index is 12.4. The number of amides is 1. The van der Waals surface area contributed by atoms with Gasteiger partial charge in [0.15, 0.2) is 5.75 Å². The maximum Gasteiger partial charge on any atom is 0.310 e. The Morgan fingerprint density at radius 3 is 2.90 bits per heavy atom. The van der Waals surface area contributed by atoms with Crippen LogP contribution >= 0.6 is 0 Å². The van der Waals surface area contributed by atoms with Gasteiger partial charge in [-0.25, -0.2) is 0 Å². The normalized spacial score (nSPS) is 18.5. The van der Waals surface area contributed by atoms with Gasteiger partial charge in [0, 0.05) is 24.7 Å². The highest BCUT2D eigenvalue weighted by molar-refractivity contribution is 5.95. The van der Waals surface area contributed by atoms with E-state index >= 15 is 0 Å². The molecule has 1 atom stereocenters. The lowest BCUT2D eigenvalue weighted by molar-refractivity contribution is -0.385. The van der Waals surface area contributed by atoms with Crippen LogP contribution in [0.1, 0.15) is 29.6 Å². The van der Waals surface area contributed by atoms with Crippen LogP contribution in [0.15, 0.2) is 18.2 Å². The molecule has 7 nitrogen and oxygen atoms in total. The van der Waals surface area contributed by atoms with Crippen molar-refractivity contribution >= 4 is 11.6 Å². The first-order valence-electron chi connectivity index (χ1n) is 6.99. The van der Waals surface area contributed by atoms with Gasteiger partial charge in [-0.1, -0.05) is 0 Å². The minimum atomic E-state index is -0.679. The predicted molar refractivity (Wildman–Crippen MR) is 77.1 cm³/mol. The van der Waals surface area contributed by atoms with E-state index in [0.29, 0.717) is 25.6 Å². The molecular weight excluding hydrogens is 274 g/mol. The lowest BCUT2D eigenvalue weighted by Gasteiger charge is -2.32. The van der Waals surface area contributed by atoms with E-state index in [-0.39, 0.29) is 11.5 Å². The third-order valence-electron chi connectivity index (χ3n) is 3.80. The topological polar surface area (TPSA) is 110 Å². The number of rotatable bonds is 4. The smallest absolute Gasteiger partial charge is 0.310 e. The molecule has 1 aromatic rings. The van der Waals surface area contributed by atoms with Crippen LogP contribution in [0, 0.1) is 16.0 Å². The van der Waals surface area contributed by atoms with Gasteiger partial charge in [-0.2, -0.15) is 0 Å². The van der Waals surface area contributed by atoms with Crippen molar-refractivity contribution in [2.75, 3.05) is 19.6 Å². The van der Waals surface area contributed by atoms with E-state index in [1.165, 1.54) is 6.07 Å². The summed E-state index contributed by atoms with van der Waals surface area (Å²) in [7, 11) is 0. The largest absolute Gasteiger partial charge is 0.502 e. The predicted octanol–water partition coefficient (Wildman–Crippen LogP) is 1.50.